The lowest BCUT2D eigenvalue weighted by atomic mass is 10.4. The molecule has 3 aromatic rings. The molecule has 0 unspecified atom stereocenters. The minimum absolute atomic E-state index is 0.0290. The second kappa shape index (κ2) is 5.77. The van der Waals surface area contributed by atoms with Gasteiger partial charge in [-0.2, -0.15) is 5.10 Å². The maximum atomic E-state index is 12.4. The molecule has 2 N–H and O–H groups in total. The maximum Gasteiger partial charge on any atom is 0.371 e. The van der Waals surface area contributed by atoms with Gasteiger partial charge in [0.05, 0.1) is 18.1 Å². The van der Waals surface area contributed by atoms with E-state index < -0.39 is 21.8 Å². The normalized spacial score (nSPS) is 11.4. The molecule has 0 atom stereocenters. The second-order valence-corrected chi connectivity index (χ2v) is 6.31. The van der Waals surface area contributed by atoms with E-state index in [4.69, 9.17) is 9.52 Å². The first kappa shape index (κ1) is 15.7. The average Bonchev–Trinajstić information content (AvgIpc) is 3.15. The number of hydrogen-bond donors (Lipinski definition) is 2. The summed E-state index contributed by atoms with van der Waals surface area (Å²) in [5, 5.41) is 12.8. The Hall–Kier alpha value is -3.21. The molecule has 24 heavy (non-hydrogen) atoms. The third kappa shape index (κ3) is 2.96. The van der Waals surface area contributed by atoms with Gasteiger partial charge in [0.25, 0.3) is 10.0 Å². The smallest absolute Gasteiger partial charge is 0.371 e. The van der Waals surface area contributed by atoms with Crippen molar-refractivity contribution in [2.45, 2.75) is 11.8 Å². The van der Waals surface area contributed by atoms with Crippen LogP contribution in [0.4, 0.5) is 5.69 Å². The zero-order valence-electron chi connectivity index (χ0n) is 12.2. The molecular formula is C13H11N5O5S. The predicted octanol–water partition coefficient (Wildman–Crippen LogP) is 1.06. The summed E-state index contributed by atoms with van der Waals surface area (Å²) in [5.41, 5.74) is 0.167. The lowest BCUT2D eigenvalue weighted by molar-refractivity contribution is 0.0661. The van der Waals surface area contributed by atoms with Gasteiger partial charge in [0.1, 0.15) is 10.7 Å². The van der Waals surface area contributed by atoms with Gasteiger partial charge in [0, 0.05) is 18.5 Å². The first-order valence-electron chi connectivity index (χ1n) is 6.55. The quantitative estimate of drug-likeness (QED) is 0.697. The minimum Gasteiger partial charge on any atom is -0.475 e. The predicted molar refractivity (Wildman–Crippen MR) is 80.4 cm³/mol. The fourth-order valence-corrected chi connectivity index (χ4v) is 3.15. The van der Waals surface area contributed by atoms with Crippen molar-refractivity contribution in [2.75, 3.05) is 4.72 Å². The van der Waals surface area contributed by atoms with Crippen molar-refractivity contribution in [3.63, 3.8) is 0 Å². The Kier molecular flexibility index (Phi) is 3.77. The van der Waals surface area contributed by atoms with Gasteiger partial charge in [-0.3, -0.25) is 4.72 Å². The number of carbonyl (C=O) groups is 1. The van der Waals surface area contributed by atoms with Crippen LogP contribution in [0.5, 0.6) is 0 Å². The van der Waals surface area contributed by atoms with Crippen LogP contribution >= 0.6 is 0 Å². The Balaban J connectivity index is 1.88. The van der Waals surface area contributed by atoms with Crippen LogP contribution in [0.15, 0.2) is 46.2 Å². The molecule has 3 heterocycles. The zero-order chi connectivity index (χ0) is 17.3. The lowest BCUT2D eigenvalue weighted by Gasteiger charge is -2.03. The summed E-state index contributed by atoms with van der Waals surface area (Å²) in [4.78, 5) is 18.6. The number of aromatic carboxylic acids is 1. The van der Waals surface area contributed by atoms with Crippen molar-refractivity contribution >= 4 is 21.7 Å². The monoisotopic (exact) mass is 349 g/mol. The Bertz CT molecular complexity index is 993. The topological polar surface area (TPSA) is 140 Å². The van der Waals surface area contributed by atoms with Gasteiger partial charge in [-0.15, -0.1) is 0 Å². The molecule has 0 aliphatic heterocycles. The Labute approximate surface area is 135 Å². The van der Waals surface area contributed by atoms with Crippen LogP contribution in [-0.2, 0) is 10.0 Å². The van der Waals surface area contributed by atoms with E-state index in [0.717, 1.165) is 6.07 Å². The third-order valence-corrected chi connectivity index (χ3v) is 4.45. The number of furan rings is 1. The maximum absolute atomic E-state index is 12.4. The molecular weight excluding hydrogens is 338 g/mol. The molecule has 0 aliphatic carbocycles. The molecule has 0 saturated heterocycles. The number of carboxylic acids is 1. The van der Waals surface area contributed by atoms with Crippen molar-refractivity contribution < 1.29 is 22.7 Å². The van der Waals surface area contributed by atoms with Crippen LogP contribution in [0.3, 0.4) is 0 Å². The van der Waals surface area contributed by atoms with Gasteiger partial charge < -0.3 is 9.52 Å². The molecule has 0 saturated carbocycles. The van der Waals surface area contributed by atoms with Gasteiger partial charge in [-0.25, -0.2) is 27.9 Å². The van der Waals surface area contributed by atoms with Gasteiger partial charge in [-0.1, -0.05) is 0 Å². The molecule has 11 heteroatoms. The second-order valence-electron chi connectivity index (χ2n) is 4.66. The third-order valence-electron chi connectivity index (χ3n) is 2.96. The summed E-state index contributed by atoms with van der Waals surface area (Å²) in [6.45, 7) is 1.36. The van der Waals surface area contributed by atoms with E-state index in [1.54, 1.807) is 6.07 Å². The molecule has 124 valence electrons. The van der Waals surface area contributed by atoms with Crippen molar-refractivity contribution in [1.29, 1.82) is 0 Å². The molecule has 10 nitrogen and oxygen atoms in total. The summed E-state index contributed by atoms with van der Waals surface area (Å²) in [6.07, 6.45) is 5.72. The summed E-state index contributed by atoms with van der Waals surface area (Å²) in [6, 6.07) is 2.59. The highest BCUT2D eigenvalue weighted by atomic mass is 32.2. The van der Waals surface area contributed by atoms with E-state index in [2.05, 4.69) is 19.8 Å². The van der Waals surface area contributed by atoms with E-state index in [-0.39, 0.29) is 22.3 Å². The molecule has 0 bridgehead atoms. The number of nitrogens with zero attached hydrogens (tertiary/aromatic N) is 4. The van der Waals surface area contributed by atoms with E-state index in [9.17, 15) is 13.2 Å². The number of carboxylic acid groups (broad SMARTS) is 1. The van der Waals surface area contributed by atoms with Crippen molar-refractivity contribution in [1.82, 2.24) is 19.7 Å². The molecule has 0 aliphatic rings. The van der Waals surface area contributed by atoms with Crippen LogP contribution in [0, 0.1) is 6.92 Å². The standard InChI is InChI=1S/C13H11N5O5S/c1-8-11(5-10(23-8)12(19)20)24(21,22)17-9-6-16-18(7-9)13-14-3-2-4-15-13/h2-7,17H,1H3,(H,19,20). The van der Waals surface area contributed by atoms with E-state index >= 15 is 0 Å². The van der Waals surface area contributed by atoms with Crippen LogP contribution < -0.4 is 4.72 Å². The largest absolute Gasteiger partial charge is 0.475 e. The molecule has 0 amide bonds. The Morgan fingerprint density at radius 3 is 2.67 bits per heavy atom. The summed E-state index contributed by atoms with van der Waals surface area (Å²) >= 11 is 0. The van der Waals surface area contributed by atoms with E-state index in [0.29, 0.717) is 0 Å². The molecule has 0 radical (unpaired) electrons. The number of hydrogen-bond acceptors (Lipinski definition) is 7. The number of anilines is 1. The number of rotatable bonds is 5. The van der Waals surface area contributed by atoms with Crippen molar-refractivity contribution in [3.8, 4) is 5.95 Å². The van der Waals surface area contributed by atoms with E-state index in [1.165, 1.54) is 36.4 Å². The molecule has 0 aromatic carbocycles. The summed E-state index contributed by atoms with van der Waals surface area (Å²) < 4.78 is 33.3. The number of aryl methyl sites for hydroxylation is 1. The molecule has 0 spiro atoms. The summed E-state index contributed by atoms with van der Waals surface area (Å²) in [7, 11) is -4.03. The number of sulfonamides is 1. The highest BCUT2D eigenvalue weighted by Gasteiger charge is 2.24. The van der Waals surface area contributed by atoms with Crippen LogP contribution in [0.25, 0.3) is 5.95 Å². The Morgan fingerprint density at radius 1 is 1.33 bits per heavy atom. The van der Waals surface area contributed by atoms with E-state index in [1.807, 2.05) is 0 Å². The zero-order valence-corrected chi connectivity index (χ0v) is 13.1. The van der Waals surface area contributed by atoms with Crippen molar-refractivity contribution in [3.05, 3.63) is 48.4 Å². The first-order chi connectivity index (χ1) is 11.4. The molecule has 3 aromatic heterocycles. The highest BCUT2D eigenvalue weighted by Crippen LogP contribution is 2.23. The SMILES string of the molecule is Cc1oc(C(=O)O)cc1S(=O)(=O)Nc1cnn(-c2ncccn2)c1. The minimum atomic E-state index is -4.03. The van der Waals surface area contributed by atoms with Crippen LogP contribution in [0.2, 0.25) is 0 Å². The van der Waals surface area contributed by atoms with Crippen molar-refractivity contribution in [2.24, 2.45) is 0 Å². The fourth-order valence-electron chi connectivity index (χ4n) is 1.94. The number of nitrogens with one attached hydrogen (secondary N) is 1. The Morgan fingerprint density at radius 2 is 2.04 bits per heavy atom. The van der Waals surface area contributed by atoms with Gasteiger partial charge in [-0.05, 0) is 13.0 Å². The lowest BCUT2D eigenvalue weighted by Crippen LogP contribution is -2.12. The van der Waals surface area contributed by atoms with Gasteiger partial charge in [0.2, 0.25) is 11.7 Å². The average molecular weight is 349 g/mol. The highest BCUT2D eigenvalue weighted by molar-refractivity contribution is 7.92. The summed E-state index contributed by atoms with van der Waals surface area (Å²) in [5.74, 6) is -1.57. The fraction of sp³-hybridized carbons (Fsp3) is 0.0769. The molecule has 0 fully saturated rings. The number of aromatic nitrogens is 4. The molecule has 3 rings (SSSR count). The van der Waals surface area contributed by atoms with Gasteiger partial charge in [0.15, 0.2) is 0 Å². The van der Waals surface area contributed by atoms with Gasteiger partial charge >= 0.3 is 5.97 Å². The van der Waals surface area contributed by atoms with Crippen LogP contribution in [-0.4, -0.2) is 39.2 Å². The first-order valence-corrected chi connectivity index (χ1v) is 8.04. The van der Waals surface area contributed by atoms with Crippen LogP contribution in [0.1, 0.15) is 16.3 Å².